The van der Waals surface area contributed by atoms with Gasteiger partial charge < -0.3 is 10.2 Å². The molecule has 4 nitrogen and oxygen atoms in total. The summed E-state index contributed by atoms with van der Waals surface area (Å²) in [5.41, 5.74) is 1.47. The van der Waals surface area contributed by atoms with Crippen molar-refractivity contribution >= 4 is 11.9 Å². The summed E-state index contributed by atoms with van der Waals surface area (Å²) in [5.74, 6) is -2.29. The lowest BCUT2D eigenvalue weighted by Crippen LogP contribution is -2.09. The van der Waals surface area contributed by atoms with Crippen LogP contribution in [0.15, 0.2) is 23.3 Å². The van der Waals surface area contributed by atoms with Crippen LogP contribution in [0.4, 0.5) is 0 Å². The standard InChI is InChI=1S/C11H16O4/c1-7(5-9(3)11(14)15)4-8(2)6-10(12)13/h4,6,9H,5H2,1-3H3,(H,12,13)(H,14,15)/b7-4+,8-6+/t9-/m1/s1. The first kappa shape index (κ1) is 13.4. The van der Waals surface area contributed by atoms with Crippen molar-refractivity contribution in [3.05, 3.63) is 23.3 Å². The maximum atomic E-state index is 10.6. The molecule has 0 saturated carbocycles. The SMILES string of the molecule is CC(=C\C(=O)O)/C=C(\C)C[C@@H](C)C(=O)O. The number of aliphatic carboxylic acids is 2. The number of allylic oxidation sites excluding steroid dienone is 3. The first-order valence-corrected chi connectivity index (χ1v) is 4.64. The van der Waals surface area contributed by atoms with Gasteiger partial charge in [-0.25, -0.2) is 4.79 Å². The maximum Gasteiger partial charge on any atom is 0.328 e. The van der Waals surface area contributed by atoms with Gasteiger partial charge in [0.1, 0.15) is 0 Å². The minimum atomic E-state index is -0.997. The molecular weight excluding hydrogens is 196 g/mol. The minimum absolute atomic E-state index is 0.431. The third kappa shape index (κ3) is 6.49. The highest BCUT2D eigenvalue weighted by Gasteiger charge is 2.10. The second-order valence-corrected chi connectivity index (χ2v) is 3.66. The minimum Gasteiger partial charge on any atom is -0.481 e. The Morgan fingerprint density at radius 1 is 1.20 bits per heavy atom. The number of rotatable bonds is 5. The van der Waals surface area contributed by atoms with Gasteiger partial charge in [0.2, 0.25) is 0 Å². The van der Waals surface area contributed by atoms with Crippen LogP contribution in [0.1, 0.15) is 27.2 Å². The first-order valence-electron chi connectivity index (χ1n) is 4.64. The molecule has 0 aromatic rings. The molecule has 0 bridgehead atoms. The summed E-state index contributed by atoms with van der Waals surface area (Å²) < 4.78 is 0. The van der Waals surface area contributed by atoms with E-state index in [2.05, 4.69) is 0 Å². The van der Waals surface area contributed by atoms with Gasteiger partial charge in [0, 0.05) is 6.08 Å². The van der Waals surface area contributed by atoms with E-state index in [1.54, 1.807) is 26.8 Å². The molecule has 84 valence electrons. The Bertz CT molecular complexity index is 313. The lowest BCUT2D eigenvalue weighted by atomic mass is 10.0. The third-order valence-corrected chi connectivity index (χ3v) is 1.87. The van der Waals surface area contributed by atoms with Crippen LogP contribution in [-0.4, -0.2) is 22.2 Å². The van der Waals surface area contributed by atoms with Crippen molar-refractivity contribution in [2.75, 3.05) is 0 Å². The molecule has 1 atom stereocenters. The molecule has 2 N–H and O–H groups in total. The Labute approximate surface area is 88.9 Å². The molecule has 0 radical (unpaired) electrons. The molecule has 0 aromatic carbocycles. The molecule has 0 amide bonds. The highest BCUT2D eigenvalue weighted by atomic mass is 16.4. The largest absolute Gasteiger partial charge is 0.481 e. The van der Waals surface area contributed by atoms with E-state index < -0.39 is 17.9 Å². The zero-order valence-corrected chi connectivity index (χ0v) is 9.15. The molecule has 0 aromatic heterocycles. The van der Waals surface area contributed by atoms with Crippen molar-refractivity contribution in [3.63, 3.8) is 0 Å². The molecule has 15 heavy (non-hydrogen) atoms. The molecule has 0 rings (SSSR count). The van der Waals surface area contributed by atoms with Gasteiger partial charge in [-0.05, 0) is 25.8 Å². The molecule has 0 saturated heterocycles. The summed E-state index contributed by atoms with van der Waals surface area (Å²) in [7, 11) is 0. The highest BCUT2D eigenvalue weighted by Crippen LogP contribution is 2.13. The number of hydrogen-bond acceptors (Lipinski definition) is 2. The molecule has 0 aliphatic carbocycles. The molecule has 0 fully saturated rings. The van der Waals surface area contributed by atoms with Crippen molar-refractivity contribution in [2.45, 2.75) is 27.2 Å². The molecule has 4 heteroatoms. The Kier molecular flexibility index (Phi) is 5.37. The topological polar surface area (TPSA) is 74.6 Å². The smallest absolute Gasteiger partial charge is 0.328 e. The van der Waals surface area contributed by atoms with Gasteiger partial charge in [-0.3, -0.25) is 4.79 Å². The van der Waals surface area contributed by atoms with Gasteiger partial charge in [-0.1, -0.05) is 18.6 Å². The Morgan fingerprint density at radius 3 is 2.13 bits per heavy atom. The molecule has 0 aliphatic heterocycles. The van der Waals surface area contributed by atoms with Crippen LogP contribution in [0.2, 0.25) is 0 Å². The first-order chi connectivity index (χ1) is 6.82. The monoisotopic (exact) mass is 212 g/mol. The van der Waals surface area contributed by atoms with Crippen LogP contribution in [0.3, 0.4) is 0 Å². The summed E-state index contributed by atoms with van der Waals surface area (Å²) in [6.45, 7) is 5.08. The number of carboxylic acids is 2. The van der Waals surface area contributed by atoms with E-state index in [1.807, 2.05) is 0 Å². The Balaban J connectivity index is 4.44. The van der Waals surface area contributed by atoms with Gasteiger partial charge in [0.05, 0.1) is 5.92 Å². The lowest BCUT2D eigenvalue weighted by molar-refractivity contribution is -0.141. The summed E-state index contributed by atoms with van der Waals surface area (Å²) in [6, 6.07) is 0. The van der Waals surface area contributed by atoms with E-state index in [4.69, 9.17) is 10.2 Å². The summed E-state index contributed by atoms with van der Waals surface area (Å²) in [4.78, 5) is 20.9. The maximum absolute atomic E-state index is 10.6. The van der Waals surface area contributed by atoms with E-state index in [0.29, 0.717) is 12.0 Å². The van der Waals surface area contributed by atoms with Crippen LogP contribution in [0, 0.1) is 5.92 Å². The third-order valence-electron chi connectivity index (χ3n) is 1.87. The summed E-state index contributed by atoms with van der Waals surface area (Å²) in [6.07, 6.45) is 3.21. The Hall–Kier alpha value is -1.58. The van der Waals surface area contributed by atoms with Gasteiger partial charge >= 0.3 is 11.9 Å². The van der Waals surface area contributed by atoms with Crippen LogP contribution in [0.5, 0.6) is 0 Å². The Morgan fingerprint density at radius 2 is 1.73 bits per heavy atom. The molecule has 0 unspecified atom stereocenters. The van der Waals surface area contributed by atoms with E-state index in [-0.39, 0.29) is 0 Å². The van der Waals surface area contributed by atoms with Gasteiger partial charge in [0.25, 0.3) is 0 Å². The zero-order chi connectivity index (χ0) is 12.0. The summed E-state index contributed by atoms with van der Waals surface area (Å²) >= 11 is 0. The fourth-order valence-corrected chi connectivity index (χ4v) is 1.25. The molecule has 0 spiro atoms. The van der Waals surface area contributed by atoms with Crippen molar-refractivity contribution in [1.82, 2.24) is 0 Å². The van der Waals surface area contributed by atoms with Gasteiger partial charge in [-0.15, -0.1) is 0 Å². The van der Waals surface area contributed by atoms with Gasteiger partial charge in [-0.2, -0.15) is 0 Å². The molecule has 0 heterocycles. The second-order valence-electron chi connectivity index (χ2n) is 3.66. The molecular formula is C11H16O4. The quantitative estimate of drug-likeness (QED) is 0.540. The van der Waals surface area contributed by atoms with E-state index in [0.717, 1.165) is 11.6 Å². The van der Waals surface area contributed by atoms with E-state index >= 15 is 0 Å². The number of hydrogen-bond donors (Lipinski definition) is 2. The normalized spacial score (nSPS) is 14.9. The van der Waals surface area contributed by atoms with Crippen molar-refractivity contribution < 1.29 is 19.8 Å². The van der Waals surface area contributed by atoms with Crippen LogP contribution >= 0.6 is 0 Å². The van der Waals surface area contributed by atoms with Crippen LogP contribution in [0.25, 0.3) is 0 Å². The lowest BCUT2D eigenvalue weighted by Gasteiger charge is -2.05. The average Bonchev–Trinajstić information content (AvgIpc) is 2.00. The highest BCUT2D eigenvalue weighted by molar-refractivity contribution is 5.81. The zero-order valence-electron chi connectivity index (χ0n) is 9.15. The molecule has 0 aliphatic rings. The fourth-order valence-electron chi connectivity index (χ4n) is 1.25. The van der Waals surface area contributed by atoms with Crippen molar-refractivity contribution in [1.29, 1.82) is 0 Å². The van der Waals surface area contributed by atoms with E-state index in [1.165, 1.54) is 0 Å². The predicted molar refractivity (Wildman–Crippen MR) is 56.6 cm³/mol. The predicted octanol–water partition coefficient (Wildman–Crippen LogP) is 2.07. The number of carboxylic acid groups (broad SMARTS) is 2. The second kappa shape index (κ2) is 6.01. The van der Waals surface area contributed by atoms with Crippen LogP contribution in [-0.2, 0) is 9.59 Å². The average molecular weight is 212 g/mol. The van der Waals surface area contributed by atoms with E-state index in [9.17, 15) is 9.59 Å². The van der Waals surface area contributed by atoms with Gasteiger partial charge in [0.15, 0.2) is 0 Å². The van der Waals surface area contributed by atoms with Crippen molar-refractivity contribution in [3.8, 4) is 0 Å². The van der Waals surface area contributed by atoms with Crippen molar-refractivity contribution in [2.24, 2.45) is 5.92 Å². The number of carbonyl (C=O) groups is 2. The summed E-state index contributed by atoms with van der Waals surface area (Å²) in [5, 5.41) is 17.1. The fraction of sp³-hybridized carbons (Fsp3) is 0.455. The van der Waals surface area contributed by atoms with Crippen LogP contribution < -0.4 is 0 Å².